The molecule has 2 aromatic heterocycles. The van der Waals surface area contributed by atoms with Crippen molar-refractivity contribution in [1.29, 1.82) is 0 Å². The van der Waals surface area contributed by atoms with E-state index in [1.54, 1.807) is 13.0 Å². The summed E-state index contributed by atoms with van der Waals surface area (Å²) < 4.78 is 5.00. The summed E-state index contributed by atoms with van der Waals surface area (Å²) in [5, 5.41) is 6.88. The first-order valence-corrected chi connectivity index (χ1v) is 7.53. The highest BCUT2D eigenvalue weighted by Gasteiger charge is 2.27. The number of aryl methyl sites for hydroxylation is 1. The number of carbonyl (C=O) groups is 1. The van der Waals surface area contributed by atoms with E-state index in [0.29, 0.717) is 23.9 Å². The van der Waals surface area contributed by atoms with E-state index in [1.807, 2.05) is 24.2 Å². The van der Waals surface area contributed by atoms with Crippen molar-refractivity contribution in [1.82, 2.24) is 15.0 Å². The molecule has 3 rings (SSSR count). The number of carbonyl (C=O) groups excluding carboxylic acids is 1. The Balaban J connectivity index is 1.75. The molecule has 1 aliphatic rings. The summed E-state index contributed by atoms with van der Waals surface area (Å²) in [4.78, 5) is 18.6. The fourth-order valence-corrected chi connectivity index (χ4v) is 2.90. The van der Waals surface area contributed by atoms with Gasteiger partial charge < -0.3 is 14.7 Å². The standard InChI is InChI=1S/C16H20N4O2/c1-11-8-14(19-22-11)16(21)20-7-3-4-13(10-20)12-5-6-18-15(9-12)17-2/h5-6,8-9,13H,3-4,7,10H2,1-2H3,(H,17,18). The Morgan fingerprint density at radius 1 is 1.45 bits per heavy atom. The number of hydrogen-bond donors (Lipinski definition) is 1. The Hall–Kier alpha value is -2.37. The lowest BCUT2D eigenvalue weighted by molar-refractivity contribution is 0.0696. The lowest BCUT2D eigenvalue weighted by Crippen LogP contribution is -2.39. The topological polar surface area (TPSA) is 71.3 Å². The molecule has 1 atom stereocenters. The zero-order valence-electron chi connectivity index (χ0n) is 12.9. The molecular formula is C16H20N4O2. The number of nitrogens with one attached hydrogen (secondary N) is 1. The van der Waals surface area contributed by atoms with Crippen LogP contribution < -0.4 is 5.32 Å². The van der Waals surface area contributed by atoms with Crippen molar-refractivity contribution in [2.24, 2.45) is 0 Å². The number of amides is 1. The first-order chi connectivity index (χ1) is 10.7. The Bertz CT molecular complexity index is 668. The molecular weight excluding hydrogens is 280 g/mol. The summed E-state index contributed by atoms with van der Waals surface area (Å²) in [6.45, 7) is 3.27. The molecule has 1 unspecified atom stereocenters. The molecule has 0 spiro atoms. The van der Waals surface area contributed by atoms with Crippen LogP contribution in [0.2, 0.25) is 0 Å². The van der Waals surface area contributed by atoms with Crippen LogP contribution >= 0.6 is 0 Å². The van der Waals surface area contributed by atoms with Crippen LogP contribution in [0.3, 0.4) is 0 Å². The van der Waals surface area contributed by atoms with Crippen LogP contribution in [0.4, 0.5) is 5.82 Å². The number of aromatic nitrogens is 2. The van der Waals surface area contributed by atoms with Gasteiger partial charge in [-0.15, -0.1) is 0 Å². The van der Waals surface area contributed by atoms with Gasteiger partial charge in [0.1, 0.15) is 11.6 Å². The average Bonchev–Trinajstić information content (AvgIpc) is 3.01. The third kappa shape index (κ3) is 2.95. The van der Waals surface area contributed by atoms with Crippen LogP contribution in [0.5, 0.6) is 0 Å². The third-order valence-electron chi connectivity index (χ3n) is 4.07. The number of anilines is 1. The van der Waals surface area contributed by atoms with Gasteiger partial charge in [0.2, 0.25) is 0 Å². The molecule has 22 heavy (non-hydrogen) atoms. The van der Waals surface area contributed by atoms with Crippen molar-refractivity contribution in [3.8, 4) is 0 Å². The summed E-state index contributed by atoms with van der Waals surface area (Å²) in [6.07, 6.45) is 3.88. The lowest BCUT2D eigenvalue weighted by Gasteiger charge is -2.32. The van der Waals surface area contributed by atoms with Crippen LogP contribution in [0.1, 0.15) is 40.6 Å². The molecule has 3 heterocycles. The Labute approximate surface area is 129 Å². The van der Waals surface area contributed by atoms with Crippen LogP contribution in [-0.4, -0.2) is 41.1 Å². The maximum absolute atomic E-state index is 12.5. The van der Waals surface area contributed by atoms with Gasteiger partial charge in [-0.25, -0.2) is 4.98 Å². The van der Waals surface area contributed by atoms with Gasteiger partial charge >= 0.3 is 0 Å². The highest BCUT2D eigenvalue weighted by atomic mass is 16.5. The zero-order chi connectivity index (χ0) is 15.5. The fraction of sp³-hybridized carbons (Fsp3) is 0.438. The van der Waals surface area contributed by atoms with E-state index in [-0.39, 0.29) is 5.91 Å². The molecule has 1 saturated heterocycles. The van der Waals surface area contributed by atoms with Crippen LogP contribution in [0.15, 0.2) is 28.9 Å². The molecule has 1 aliphatic heterocycles. The second-order valence-electron chi connectivity index (χ2n) is 5.64. The lowest BCUT2D eigenvalue weighted by atomic mass is 9.91. The van der Waals surface area contributed by atoms with Gasteiger partial charge in [0.05, 0.1) is 0 Å². The zero-order valence-corrected chi connectivity index (χ0v) is 12.9. The van der Waals surface area contributed by atoms with E-state index in [1.165, 1.54) is 5.56 Å². The second-order valence-corrected chi connectivity index (χ2v) is 5.64. The molecule has 0 saturated carbocycles. The van der Waals surface area contributed by atoms with Crippen molar-refractivity contribution >= 4 is 11.7 Å². The quantitative estimate of drug-likeness (QED) is 0.942. The number of likely N-dealkylation sites (tertiary alicyclic amines) is 1. The SMILES string of the molecule is CNc1cc(C2CCCN(C(=O)c3cc(C)on3)C2)ccn1. The highest BCUT2D eigenvalue weighted by Crippen LogP contribution is 2.28. The Morgan fingerprint density at radius 3 is 3.05 bits per heavy atom. The largest absolute Gasteiger partial charge is 0.373 e. The Kier molecular flexibility index (Phi) is 4.09. The highest BCUT2D eigenvalue weighted by molar-refractivity contribution is 5.92. The van der Waals surface area contributed by atoms with Gasteiger partial charge in [-0.05, 0) is 37.5 Å². The van der Waals surface area contributed by atoms with Gasteiger partial charge in [-0.1, -0.05) is 5.16 Å². The van der Waals surface area contributed by atoms with Crippen LogP contribution in [-0.2, 0) is 0 Å². The first kappa shape index (κ1) is 14.6. The van der Waals surface area contributed by atoms with E-state index < -0.39 is 0 Å². The van der Waals surface area contributed by atoms with Crippen molar-refractivity contribution in [2.75, 3.05) is 25.5 Å². The van der Waals surface area contributed by atoms with Crippen molar-refractivity contribution in [3.05, 3.63) is 41.4 Å². The maximum Gasteiger partial charge on any atom is 0.276 e. The number of pyridine rings is 1. The molecule has 1 N–H and O–H groups in total. The predicted molar refractivity (Wildman–Crippen MR) is 82.9 cm³/mol. The molecule has 2 aromatic rings. The summed E-state index contributed by atoms with van der Waals surface area (Å²) in [5.41, 5.74) is 1.61. The minimum absolute atomic E-state index is 0.0514. The van der Waals surface area contributed by atoms with E-state index in [4.69, 9.17) is 4.52 Å². The predicted octanol–water partition coefficient (Wildman–Crippen LogP) is 2.44. The van der Waals surface area contributed by atoms with E-state index in [2.05, 4.69) is 21.5 Å². The maximum atomic E-state index is 12.5. The number of piperidine rings is 1. The van der Waals surface area contributed by atoms with Crippen molar-refractivity contribution < 1.29 is 9.32 Å². The fourth-order valence-electron chi connectivity index (χ4n) is 2.90. The average molecular weight is 300 g/mol. The molecule has 6 nitrogen and oxygen atoms in total. The van der Waals surface area contributed by atoms with Crippen LogP contribution in [0, 0.1) is 6.92 Å². The second kappa shape index (κ2) is 6.17. The molecule has 116 valence electrons. The van der Waals surface area contributed by atoms with Gasteiger partial charge in [0.25, 0.3) is 5.91 Å². The molecule has 0 aliphatic carbocycles. The van der Waals surface area contributed by atoms with Gasteiger partial charge in [-0.2, -0.15) is 0 Å². The summed E-state index contributed by atoms with van der Waals surface area (Å²) >= 11 is 0. The summed E-state index contributed by atoms with van der Waals surface area (Å²) in [5.74, 6) is 1.79. The van der Waals surface area contributed by atoms with E-state index in [9.17, 15) is 4.79 Å². The molecule has 6 heteroatoms. The summed E-state index contributed by atoms with van der Waals surface area (Å²) in [6, 6.07) is 5.77. The minimum atomic E-state index is -0.0514. The molecule has 1 fully saturated rings. The summed E-state index contributed by atoms with van der Waals surface area (Å²) in [7, 11) is 1.86. The number of nitrogens with zero attached hydrogens (tertiary/aromatic N) is 3. The third-order valence-corrected chi connectivity index (χ3v) is 4.07. The van der Waals surface area contributed by atoms with Gasteiger partial charge in [-0.3, -0.25) is 4.79 Å². The molecule has 0 aromatic carbocycles. The van der Waals surface area contributed by atoms with Gasteiger partial charge in [0, 0.05) is 38.3 Å². The van der Waals surface area contributed by atoms with Crippen molar-refractivity contribution in [3.63, 3.8) is 0 Å². The van der Waals surface area contributed by atoms with Gasteiger partial charge in [0.15, 0.2) is 5.69 Å². The van der Waals surface area contributed by atoms with Crippen LogP contribution in [0.25, 0.3) is 0 Å². The monoisotopic (exact) mass is 300 g/mol. The van der Waals surface area contributed by atoms with E-state index >= 15 is 0 Å². The number of rotatable bonds is 3. The minimum Gasteiger partial charge on any atom is -0.373 e. The molecule has 1 amide bonds. The van der Waals surface area contributed by atoms with Crippen molar-refractivity contribution in [2.45, 2.75) is 25.7 Å². The molecule has 0 bridgehead atoms. The normalized spacial score (nSPS) is 18.3. The molecule has 0 radical (unpaired) electrons. The van der Waals surface area contributed by atoms with E-state index in [0.717, 1.165) is 25.2 Å². The first-order valence-electron chi connectivity index (χ1n) is 7.53. The number of hydrogen-bond acceptors (Lipinski definition) is 5. The Morgan fingerprint density at radius 2 is 2.32 bits per heavy atom. The smallest absolute Gasteiger partial charge is 0.276 e.